The van der Waals surface area contributed by atoms with Gasteiger partial charge in [0.25, 0.3) is 15.9 Å². The number of carbonyl (C=O) groups excluding carboxylic acids is 1. The van der Waals surface area contributed by atoms with E-state index in [0.29, 0.717) is 30.3 Å². The number of benzene rings is 2. The molecule has 1 aromatic heterocycles. The van der Waals surface area contributed by atoms with E-state index >= 15 is 0 Å². The van der Waals surface area contributed by atoms with E-state index in [0.717, 1.165) is 55.8 Å². The van der Waals surface area contributed by atoms with Crippen molar-refractivity contribution in [1.29, 1.82) is 0 Å². The molecule has 3 aromatic rings. The van der Waals surface area contributed by atoms with Crippen LogP contribution in [0.15, 0.2) is 53.4 Å². The third-order valence-corrected chi connectivity index (χ3v) is 9.49. The van der Waals surface area contributed by atoms with Gasteiger partial charge in [-0.25, -0.2) is 18.1 Å². The van der Waals surface area contributed by atoms with Crippen molar-refractivity contribution in [3.05, 3.63) is 65.2 Å². The first-order chi connectivity index (χ1) is 19.8. The molecule has 216 valence electrons. The molecule has 4 bridgehead atoms. The quantitative estimate of drug-likeness (QED) is 0.503. The van der Waals surface area contributed by atoms with Crippen molar-refractivity contribution < 1.29 is 22.7 Å². The van der Waals surface area contributed by atoms with E-state index < -0.39 is 10.0 Å². The molecule has 0 spiro atoms. The fourth-order valence-corrected chi connectivity index (χ4v) is 6.99. The first-order valence-corrected chi connectivity index (χ1v) is 15.6. The van der Waals surface area contributed by atoms with Gasteiger partial charge in [0.1, 0.15) is 6.61 Å². The summed E-state index contributed by atoms with van der Waals surface area (Å²) < 4.78 is 41.1. The molecule has 1 atom stereocenters. The Morgan fingerprint density at radius 2 is 1.76 bits per heavy atom. The molecular weight excluding hydrogens is 542 g/mol. The van der Waals surface area contributed by atoms with E-state index in [2.05, 4.69) is 19.6 Å². The van der Waals surface area contributed by atoms with Gasteiger partial charge in [0.15, 0.2) is 0 Å². The number of ether oxygens (including phenoxy) is 2. The number of sulfonamides is 1. The highest BCUT2D eigenvalue weighted by atomic mass is 32.2. The SMILES string of the molecule is Cc1cccc(C)c1-c1cc2nc(n1)NS(=O)(=O)c1cccc(c1)C(=O)N1CCN(CC3CCOCC3)C[C@@H]1CO2. The zero-order valence-corrected chi connectivity index (χ0v) is 24.2. The topological polar surface area (TPSA) is 114 Å². The lowest BCUT2D eigenvalue weighted by molar-refractivity contribution is 0.0157. The molecule has 0 unspecified atom stereocenters. The average Bonchev–Trinajstić information content (AvgIpc) is 2.96. The molecule has 1 amide bonds. The summed E-state index contributed by atoms with van der Waals surface area (Å²) in [5.74, 6) is 0.515. The molecule has 0 radical (unpaired) electrons. The average molecular weight is 578 g/mol. The van der Waals surface area contributed by atoms with Crippen molar-refractivity contribution in [2.24, 2.45) is 5.92 Å². The van der Waals surface area contributed by atoms with Gasteiger partial charge < -0.3 is 14.4 Å². The normalized spacial score (nSPS) is 21.5. The van der Waals surface area contributed by atoms with Gasteiger partial charge in [0.2, 0.25) is 11.8 Å². The van der Waals surface area contributed by atoms with Crippen molar-refractivity contribution >= 4 is 21.9 Å². The first kappa shape index (κ1) is 27.6. The number of hydrogen-bond acceptors (Lipinski definition) is 8. The molecule has 4 heterocycles. The predicted molar refractivity (Wildman–Crippen MR) is 154 cm³/mol. The molecule has 10 nitrogen and oxygen atoms in total. The zero-order valence-electron chi connectivity index (χ0n) is 23.4. The number of piperazine rings is 1. The van der Waals surface area contributed by atoms with Crippen molar-refractivity contribution in [1.82, 2.24) is 19.8 Å². The highest BCUT2D eigenvalue weighted by Gasteiger charge is 2.34. The minimum absolute atomic E-state index is 0.0270. The largest absolute Gasteiger partial charge is 0.475 e. The van der Waals surface area contributed by atoms with E-state index in [-0.39, 0.29) is 35.3 Å². The molecular formula is C30H35N5O5S. The Morgan fingerprint density at radius 1 is 1.00 bits per heavy atom. The minimum atomic E-state index is -4.08. The fraction of sp³-hybridized carbons (Fsp3) is 0.433. The number of anilines is 1. The molecule has 2 saturated heterocycles. The molecule has 11 heteroatoms. The maximum Gasteiger partial charge on any atom is 0.264 e. The zero-order chi connectivity index (χ0) is 28.6. The van der Waals surface area contributed by atoms with Gasteiger partial charge in [-0.15, -0.1) is 0 Å². The summed E-state index contributed by atoms with van der Waals surface area (Å²) >= 11 is 0. The summed E-state index contributed by atoms with van der Waals surface area (Å²) in [6.45, 7) is 8.65. The van der Waals surface area contributed by atoms with E-state index in [1.54, 1.807) is 18.2 Å². The molecule has 2 aromatic carbocycles. The first-order valence-electron chi connectivity index (χ1n) is 14.1. The molecule has 3 aliphatic heterocycles. The van der Waals surface area contributed by atoms with Crippen LogP contribution in [-0.2, 0) is 14.8 Å². The molecule has 0 saturated carbocycles. The number of aryl methyl sites for hydroxylation is 2. The lowest BCUT2D eigenvalue weighted by atomic mass is 9.98. The van der Waals surface area contributed by atoms with Crippen molar-refractivity contribution in [2.75, 3.05) is 50.7 Å². The van der Waals surface area contributed by atoms with E-state index in [1.165, 1.54) is 12.1 Å². The third kappa shape index (κ3) is 5.93. The highest BCUT2D eigenvalue weighted by Crippen LogP contribution is 2.30. The predicted octanol–water partition coefficient (Wildman–Crippen LogP) is 3.51. The van der Waals surface area contributed by atoms with Gasteiger partial charge in [0.05, 0.1) is 16.6 Å². The summed E-state index contributed by atoms with van der Waals surface area (Å²) in [5, 5.41) is 0. The minimum Gasteiger partial charge on any atom is -0.475 e. The Labute approximate surface area is 240 Å². The highest BCUT2D eigenvalue weighted by molar-refractivity contribution is 7.92. The van der Waals surface area contributed by atoms with Crippen LogP contribution in [0.2, 0.25) is 0 Å². The molecule has 41 heavy (non-hydrogen) atoms. The number of aromatic nitrogens is 2. The van der Waals surface area contributed by atoms with Gasteiger partial charge in [0, 0.05) is 56.6 Å². The van der Waals surface area contributed by atoms with E-state index in [1.807, 2.05) is 36.9 Å². The molecule has 3 aliphatic rings. The molecule has 1 N–H and O–H groups in total. The maximum atomic E-state index is 13.7. The number of carbonyl (C=O) groups is 1. The Hall–Kier alpha value is -3.54. The second-order valence-corrected chi connectivity index (χ2v) is 12.8. The molecule has 0 aliphatic carbocycles. The number of fused-ring (bicyclic) bond motifs is 5. The summed E-state index contributed by atoms with van der Waals surface area (Å²) in [6.07, 6.45) is 2.08. The van der Waals surface area contributed by atoms with Gasteiger partial charge >= 0.3 is 0 Å². The fourth-order valence-electron chi connectivity index (χ4n) is 6.00. The van der Waals surface area contributed by atoms with Crippen LogP contribution in [0.1, 0.15) is 34.3 Å². The van der Waals surface area contributed by atoms with E-state index in [4.69, 9.17) is 9.47 Å². The molecule has 2 fully saturated rings. The Balaban J connectivity index is 1.39. The summed E-state index contributed by atoms with van der Waals surface area (Å²) in [5.41, 5.74) is 3.77. The lowest BCUT2D eigenvalue weighted by Crippen LogP contribution is -2.58. The van der Waals surface area contributed by atoms with Crippen LogP contribution in [0.4, 0.5) is 5.95 Å². The monoisotopic (exact) mass is 577 g/mol. The summed E-state index contributed by atoms with van der Waals surface area (Å²) in [7, 11) is -4.08. The second-order valence-electron chi connectivity index (χ2n) is 11.1. The Bertz CT molecular complexity index is 1540. The van der Waals surface area contributed by atoms with Gasteiger partial charge in [-0.3, -0.25) is 9.69 Å². The molecule has 6 rings (SSSR count). The van der Waals surface area contributed by atoms with Crippen LogP contribution >= 0.6 is 0 Å². The third-order valence-electron chi connectivity index (χ3n) is 8.17. The number of nitrogens with zero attached hydrogens (tertiary/aromatic N) is 4. The maximum absolute atomic E-state index is 13.7. The van der Waals surface area contributed by atoms with Crippen LogP contribution in [0.5, 0.6) is 5.88 Å². The smallest absolute Gasteiger partial charge is 0.264 e. The van der Waals surface area contributed by atoms with Crippen molar-refractivity contribution in [2.45, 2.75) is 37.6 Å². The Kier molecular flexibility index (Phi) is 7.67. The van der Waals surface area contributed by atoms with E-state index in [9.17, 15) is 13.2 Å². The van der Waals surface area contributed by atoms with Crippen LogP contribution in [0.3, 0.4) is 0 Å². The number of hydrogen-bond donors (Lipinski definition) is 1. The van der Waals surface area contributed by atoms with Crippen molar-refractivity contribution in [3.8, 4) is 17.1 Å². The second kappa shape index (κ2) is 11.4. The van der Waals surface area contributed by atoms with Crippen molar-refractivity contribution in [3.63, 3.8) is 0 Å². The lowest BCUT2D eigenvalue weighted by Gasteiger charge is -2.42. The summed E-state index contributed by atoms with van der Waals surface area (Å²) in [4.78, 5) is 26.9. The number of nitrogens with one attached hydrogen (secondary N) is 1. The van der Waals surface area contributed by atoms with Crippen LogP contribution < -0.4 is 9.46 Å². The van der Waals surface area contributed by atoms with Gasteiger partial charge in [-0.05, 0) is 61.9 Å². The standard InChI is InChI=1S/C30H35N5O5S/c1-20-5-3-6-21(2)28(20)26-16-27-32-30(31-26)33-41(37,38)25-8-4-7-23(15-25)29(36)35-12-11-34(18-24(35)19-40-27)17-22-9-13-39-14-10-22/h3-8,15-16,22,24H,9-14,17-19H2,1-2H3,(H,31,32,33)/t24-/m1/s1. The number of rotatable bonds is 3. The Morgan fingerprint density at radius 3 is 2.54 bits per heavy atom. The van der Waals surface area contributed by atoms with Gasteiger partial charge in [-0.2, -0.15) is 4.98 Å². The summed E-state index contributed by atoms with van der Waals surface area (Å²) in [6, 6.07) is 13.6. The number of amides is 1. The van der Waals surface area contributed by atoms with Crippen LogP contribution in [0.25, 0.3) is 11.3 Å². The van der Waals surface area contributed by atoms with Gasteiger partial charge in [-0.1, -0.05) is 24.3 Å². The van der Waals surface area contributed by atoms with Crippen LogP contribution in [0, 0.1) is 19.8 Å². The van der Waals surface area contributed by atoms with Crippen LogP contribution in [-0.4, -0.2) is 86.1 Å².